The van der Waals surface area contributed by atoms with Gasteiger partial charge in [0.15, 0.2) is 0 Å². The summed E-state index contributed by atoms with van der Waals surface area (Å²) in [7, 11) is 1.83. The summed E-state index contributed by atoms with van der Waals surface area (Å²) in [5.74, 6) is -0.415. The summed E-state index contributed by atoms with van der Waals surface area (Å²) in [5.41, 5.74) is 6.53. The maximum atomic E-state index is 12.6. The second-order valence-electron chi connectivity index (χ2n) is 6.78. The van der Waals surface area contributed by atoms with Crippen LogP contribution in [0.2, 0.25) is 0 Å². The number of carbonyl (C=O) groups excluding carboxylic acids is 1. The Balaban J connectivity index is 0.000000396. The van der Waals surface area contributed by atoms with Gasteiger partial charge in [0.05, 0.1) is 11.9 Å². The molecule has 0 bridgehead atoms. The minimum absolute atomic E-state index is 0.0382. The molecule has 3 rings (SSSR count). The van der Waals surface area contributed by atoms with E-state index in [-0.39, 0.29) is 6.61 Å². The Morgan fingerprint density at radius 3 is 2.40 bits per heavy atom. The van der Waals surface area contributed by atoms with E-state index in [4.69, 9.17) is 5.73 Å². The number of nitrogens with two attached hydrogens (primary N) is 1. The Morgan fingerprint density at radius 2 is 1.90 bits per heavy atom. The molecule has 1 aromatic heterocycles. The number of ether oxygens (including phenoxy) is 1. The SMILES string of the molecule is CCOCC(N)=O.CN(c1ccc(C(F)(F)F)nc1)c1cccc(N2CCCC2)c1. The number of hydrogen-bond donors (Lipinski definition) is 1. The maximum Gasteiger partial charge on any atom is 0.433 e. The molecule has 1 aliphatic rings. The molecule has 6 nitrogen and oxygen atoms in total. The average molecular weight is 424 g/mol. The van der Waals surface area contributed by atoms with E-state index in [0.717, 1.165) is 30.5 Å². The molecule has 0 radical (unpaired) electrons. The molecule has 2 heterocycles. The molecular formula is C21H27F3N4O2. The lowest BCUT2D eigenvalue weighted by molar-refractivity contribution is -0.141. The lowest BCUT2D eigenvalue weighted by Crippen LogP contribution is -2.18. The highest BCUT2D eigenvalue weighted by molar-refractivity contribution is 5.75. The molecule has 0 saturated carbocycles. The van der Waals surface area contributed by atoms with Crippen LogP contribution < -0.4 is 15.5 Å². The number of halogens is 3. The largest absolute Gasteiger partial charge is 0.433 e. The topological polar surface area (TPSA) is 71.7 Å². The van der Waals surface area contributed by atoms with Crippen molar-refractivity contribution in [2.24, 2.45) is 5.73 Å². The number of anilines is 3. The molecule has 0 spiro atoms. The monoisotopic (exact) mass is 424 g/mol. The van der Waals surface area contributed by atoms with Crippen LogP contribution in [0, 0.1) is 0 Å². The van der Waals surface area contributed by atoms with E-state index in [1.165, 1.54) is 25.1 Å². The molecule has 1 aliphatic heterocycles. The van der Waals surface area contributed by atoms with Crippen LogP contribution in [-0.4, -0.2) is 44.2 Å². The molecule has 0 aliphatic carbocycles. The van der Waals surface area contributed by atoms with Crippen LogP contribution in [0.3, 0.4) is 0 Å². The predicted molar refractivity (Wildman–Crippen MR) is 111 cm³/mol. The van der Waals surface area contributed by atoms with Crippen LogP contribution in [-0.2, 0) is 15.7 Å². The third kappa shape index (κ3) is 6.91. The molecule has 1 saturated heterocycles. The Kier molecular flexibility index (Phi) is 8.46. The number of alkyl halides is 3. The van der Waals surface area contributed by atoms with Gasteiger partial charge >= 0.3 is 6.18 Å². The first kappa shape index (κ1) is 23.5. The van der Waals surface area contributed by atoms with Gasteiger partial charge in [-0.05, 0) is 50.1 Å². The number of aromatic nitrogens is 1. The zero-order chi connectivity index (χ0) is 22.1. The van der Waals surface area contributed by atoms with Crippen LogP contribution in [0.4, 0.5) is 30.2 Å². The molecule has 164 valence electrons. The number of carbonyl (C=O) groups is 1. The van der Waals surface area contributed by atoms with Gasteiger partial charge in [0.1, 0.15) is 12.3 Å². The minimum Gasteiger partial charge on any atom is -0.372 e. The summed E-state index contributed by atoms with van der Waals surface area (Å²) in [4.78, 5) is 17.5. The molecule has 2 aromatic rings. The van der Waals surface area contributed by atoms with Gasteiger partial charge in [0.25, 0.3) is 0 Å². The molecular weight excluding hydrogens is 397 g/mol. The molecule has 1 amide bonds. The highest BCUT2D eigenvalue weighted by Gasteiger charge is 2.32. The van der Waals surface area contributed by atoms with Gasteiger partial charge < -0.3 is 20.3 Å². The van der Waals surface area contributed by atoms with Gasteiger partial charge in [-0.25, -0.2) is 4.98 Å². The van der Waals surface area contributed by atoms with Crippen molar-refractivity contribution in [1.82, 2.24) is 4.98 Å². The van der Waals surface area contributed by atoms with Crippen molar-refractivity contribution in [1.29, 1.82) is 0 Å². The van der Waals surface area contributed by atoms with E-state index in [2.05, 4.69) is 26.8 Å². The normalized spacial score (nSPS) is 13.6. The number of pyridine rings is 1. The van der Waals surface area contributed by atoms with E-state index >= 15 is 0 Å². The fraction of sp³-hybridized carbons (Fsp3) is 0.429. The number of primary amides is 1. The Labute approximate surface area is 174 Å². The van der Waals surface area contributed by atoms with Crippen LogP contribution in [0.1, 0.15) is 25.5 Å². The molecule has 1 fully saturated rings. The van der Waals surface area contributed by atoms with Gasteiger partial charge in [0.2, 0.25) is 5.91 Å². The van der Waals surface area contributed by atoms with Crippen molar-refractivity contribution >= 4 is 23.0 Å². The number of benzene rings is 1. The van der Waals surface area contributed by atoms with Gasteiger partial charge in [-0.2, -0.15) is 13.2 Å². The first-order chi connectivity index (χ1) is 14.2. The van der Waals surface area contributed by atoms with E-state index in [0.29, 0.717) is 12.3 Å². The van der Waals surface area contributed by atoms with Gasteiger partial charge in [0, 0.05) is 38.1 Å². The molecule has 9 heteroatoms. The highest BCUT2D eigenvalue weighted by Crippen LogP contribution is 2.31. The van der Waals surface area contributed by atoms with E-state index in [9.17, 15) is 18.0 Å². The van der Waals surface area contributed by atoms with Crippen LogP contribution >= 0.6 is 0 Å². The van der Waals surface area contributed by atoms with Crippen LogP contribution in [0.5, 0.6) is 0 Å². The van der Waals surface area contributed by atoms with Crippen molar-refractivity contribution in [2.45, 2.75) is 25.9 Å². The predicted octanol–water partition coefficient (Wildman–Crippen LogP) is 3.98. The lowest BCUT2D eigenvalue weighted by Gasteiger charge is -2.23. The molecule has 1 aromatic carbocycles. The lowest BCUT2D eigenvalue weighted by atomic mass is 10.2. The van der Waals surface area contributed by atoms with E-state index < -0.39 is 17.8 Å². The average Bonchev–Trinajstić information content (AvgIpc) is 3.27. The van der Waals surface area contributed by atoms with Crippen molar-refractivity contribution in [2.75, 3.05) is 43.2 Å². The Hall–Kier alpha value is -2.81. The maximum absolute atomic E-state index is 12.6. The van der Waals surface area contributed by atoms with Gasteiger partial charge in [-0.15, -0.1) is 0 Å². The summed E-state index contributed by atoms with van der Waals surface area (Å²) in [6.45, 7) is 4.49. The Morgan fingerprint density at radius 1 is 1.20 bits per heavy atom. The molecule has 0 unspecified atom stereocenters. The summed E-state index contributed by atoms with van der Waals surface area (Å²) in [6.07, 6.45) is -0.760. The summed E-state index contributed by atoms with van der Waals surface area (Å²) in [5, 5.41) is 0. The number of nitrogens with zero attached hydrogens (tertiary/aromatic N) is 3. The van der Waals surface area contributed by atoms with Crippen LogP contribution in [0.15, 0.2) is 42.6 Å². The van der Waals surface area contributed by atoms with Crippen molar-refractivity contribution in [3.05, 3.63) is 48.3 Å². The fourth-order valence-electron chi connectivity index (χ4n) is 2.98. The van der Waals surface area contributed by atoms with Crippen molar-refractivity contribution in [3.63, 3.8) is 0 Å². The van der Waals surface area contributed by atoms with E-state index in [1.807, 2.05) is 31.0 Å². The second kappa shape index (κ2) is 10.8. The minimum atomic E-state index is -4.41. The van der Waals surface area contributed by atoms with Crippen molar-refractivity contribution < 1.29 is 22.7 Å². The first-order valence-corrected chi connectivity index (χ1v) is 9.70. The summed E-state index contributed by atoms with van der Waals surface area (Å²) >= 11 is 0. The third-order valence-electron chi connectivity index (χ3n) is 4.56. The molecule has 30 heavy (non-hydrogen) atoms. The second-order valence-corrected chi connectivity index (χ2v) is 6.78. The fourth-order valence-corrected chi connectivity index (χ4v) is 2.98. The summed E-state index contributed by atoms with van der Waals surface area (Å²) in [6, 6.07) is 10.5. The van der Waals surface area contributed by atoms with Gasteiger partial charge in [-0.3, -0.25) is 4.79 Å². The van der Waals surface area contributed by atoms with Gasteiger partial charge in [-0.1, -0.05) is 6.07 Å². The number of amides is 1. The van der Waals surface area contributed by atoms with E-state index in [1.54, 1.807) is 0 Å². The number of rotatable bonds is 6. The molecule has 2 N–H and O–H groups in total. The highest BCUT2D eigenvalue weighted by atomic mass is 19.4. The quantitative estimate of drug-likeness (QED) is 0.760. The standard InChI is InChI=1S/C17H18F3N3.C4H9NO2/c1-22(15-7-8-16(21-12-15)17(18,19)20)13-5-4-6-14(11-13)23-9-2-3-10-23;1-2-7-3-4(5)6/h4-8,11-12H,2-3,9-10H2,1H3;2-3H2,1H3,(H2,5,6). The van der Waals surface area contributed by atoms with Crippen LogP contribution in [0.25, 0.3) is 0 Å². The van der Waals surface area contributed by atoms with Crippen molar-refractivity contribution in [3.8, 4) is 0 Å². The first-order valence-electron chi connectivity index (χ1n) is 9.70. The number of hydrogen-bond acceptors (Lipinski definition) is 5. The zero-order valence-corrected chi connectivity index (χ0v) is 17.2. The molecule has 0 atom stereocenters. The zero-order valence-electron chi connectivity index (χ0n) is 17.2. The smallest absolute Gasteiger partial charge is 0.372 e. The third-order valence-corrected chi connectivity index (χ3v) is 4.56. The Bertz CT molecular complexity index is 807. The summed E-state index contributed by atoms with van der Waals surface area (Å²) < 4.78 is 42.4.